The van der Waals surface area contributed by atoms with Gasteiger partial charge in [0.2, 0.25) is 5.91 Å². The van der Waals surface area contributed by atoms with Gasteiger partial charge in [-0.15, -0.1) is 11.3 Å². The number of anilines is 1. The minimum Gasteiger partial charge on any atom is -0.448 e. The van der Waals surface area contributed by atoms with Crippen molar-refractivity contribution in [3.63, 3.8) is 0 Å². The van der Waals surface area contributed by atoms with E-state index < -0.39 is 11.8 Å². The number of nitrogens with zero attached hydrogens (tertiary/aromatic N) is 1. The van der Waals surface area contributed by atoms with Gasteiger partial charge in [-0.3, -0.25) is 9.59 Å². The van der Waals surface area contributed by atoms with Gasteiger partial charge in [-0.1, -0.05) is 6.07 Å². The molecule has 1 N–H and O–H groups in total. The van der Waals surface area contributed by atoms with E-state index in [1.54, 1.807) is 11.0 Å². The number of carbonyl (C=O) groups is 2. The molecule has 1 saturated heterocycles. The van der Waals surface area contributed by atoms with Crippen LogP contribution >= 0.6 is 11.3 Å². The molecule has 1 atom stereocenters. The Morgan fingerprint density at radius 2 is 1.93 bits per heavy atom. The number of fused-ring (bicyclic) bond motifs is 1. The van der Waals surface area contributed by atoms with Crippen molar-refractivity contribution in [1.29, 1.82) is 0 Å². The molecule has 6 nitrogen and oxygen atoms in total. The molecule has 28 heavy (non-hydrogen) atoms. The fourth-order valence-corrected chi connectivity index (χ4v) is 5.02. The van der Waals surface area contributed by atoms with Crippen molar-refractivity contribution in [3.8, 4) is 11.5 Å². The lowest BCUT2D eigenvalue weighted by Crippen LogP contribution is -2.42. The molecule has 2 aromatic rings. The number of nitrogens with one attached hydrogen (secondary N) is 1. The maximum atomic E-state index is 12.9. The molecule has 1 saturated carbocycles. The molecular formula is C21H22N2O4S. The smallest absolute Gasteiger partial charge is 0.264 e. The molecule has 1 aromatic heterocycles. The van der Waals surface area contributed by atoms with E-state index in [9.17, 15) is 9.59 Å². The summed E-state index contributed by atoms with van der Waals surface area (Å²) in [6.45, 7) is 0.610. The number of likely N-dealkylation sites (tertiary alicyclic amines) is 1. The Morgan fingerprint density at radius 1 is 1.11 bits per heavy atom. The summed E-state index contributed by atoms with van der Waals surface area (Å²) < 4.78 is 12.1. The van der Waals surface area contributed by atoms with Crippen LogP contribution in [-0.2, 0) is 4.79 Å². The summed E-state index contributed by atoms with van der Waals surface area (Å²) in [5.41, 5.74) is 0.665. The first-order valence-electron chi connectivity index (χ1n) is 9.81. The molecule has 0 unspecified atom stereocenters. The summed E-state index contributed by atoms with van der Waals surface area (Å²) in [7, 11) is 0. The monoisotopic (exact) mass is 398 g/mol. The first kappa shape index (κ1) is 17.6. The van der Waals surface area contributed by atoms with Gasteiger partial charge in [0.25, 0.3) is 11.7 Å². The van der Waals surface area contributed by atoms with E-state index in [0.717, 1.165) is 37.9 Å². The average molecular weight is 398 g/mol. The van der Waals surface area contributed by atoms with Crippen LogP contribution < -0.4 is 14.8 Å². The topological polar surface area (TPSA) is 67.9 Å². The van der Waals surface area contributed by atoms with Gasteiger partial charge in [0.15, 0.2) is 11.5 Å². The van der Waals surface area contributed by atoms with E-state index >= 15 is 0 Å². The average Bonchev–Trinajstić information content (AvgIpc) is 3.48. The molecule has 3 heterocycles. The van der Waals surface area contributed by atoms with Crippen molar-refractivity contribution in [2.75, 3.05) is 11.9 Å². The Morgan fingerprint density at radius 3 is 2.71 bits per heavy atom. The van der Waals surface area contributed by atoms with Gasteiger partial charge in [-0.05, 0) is 49.3 Å². The summed E-state index contributed by atoms with van der Waals surface area (Å²) in [5, 5.41) is 4.83. The maximum Gasteiger partial charge on any atom is 0.264 e. The second-order valence-electron chi connectivity index (χ2n) is 7.61. The first-order chi connectivity index (χ1) is 13.6. The van der Waals surface area contributed by atoms with Crippen LogP contribution in [-0.4, -0.2) is 35.1 Å². The Hall–Kier alpha value is -2.54. The van der Waals surface area contributed by atoms with Crippen molar-refractivity contribution in [3.05, 3.63) is 40.6 Å². The predicted octanol–water partition coefficient (Wildman–Crippen LogP) is 4.03. The summed E-state index contributed by atoms with van der Waals surface area (Å²) in [6.07, 6.45) is 5.51. The number of rotatable bonds is 3. The van der Waals surface area contributed by atoms with E-state index in [4.69, 9.17) is 9.47 Å². The standard InChI is InChI=1S/C21H22N2O4S/c24-19(15-5-3-11-23(15)20(25)18-6-4-12-28-18)22-14-7-8-16-17(13-14)27-21(26-16)9-1-2-10-21/h4,6-8,12-13,15H,1-3,5,9-11H2,(H,22,24)/t15-/m1/s1. The zero-order valence-corrected chi connectivity index (χ0v) is 16.3. The quantitative estimate of drug-likeness (QED) is 0.848. The number of benzene rings is 1. The van der Waals surface area contributed by atoms with Gasteiger partial charge < -0.3 is 19.7 Å². The minimum atomic E-state index is -0.514. The zero-order chi connectivity index (χ0) is 19.1. The number of thiophene rings is 1. The fourth-order valence-electron chi connectivity index (χ4n) is 4.34. The third-order valence-corrected chi connectivity index (χ3v) is 6.57. The van der Waals surface area contributed by atoms with Crippen molar-refractivity contribution < 1.29 is 19.1 Å². The highest BCUT2D eigenvalue weighted by atomic mass is 32.1. The molecule has 5 rings (SSSR count). The van der Waals surface area contributed by atoms with E-state index in [1.807, 2.05) is 29.6 Å². The van der Waals surface area contributed by atoms with Gasteiger partial charge in [0.05, 0.1) is 4.88 Å². The normalized spacial score (nSPS) is 22.0. The maximum absolute atomic E-state index is 12.9. The molecule has 3 aliphatic rings. The lowest BCUT2D eigenvalue weighted by atomic mass is 10.2. The third-order valence-electron chi connectivity index (χ3n) is 5.72. The molecular weight excluding hydrogens is 376 g/mol. The Kier molecular flexibility index (Phi) is 4.27. The number of hydrogen-bond donors (Lipinski definition) is 1. The van der Waals surface area contributed by atoms with Crippen molar-refractivity contribution in [1.82, 2.24) is 4.90 Å². The lowest BCUT2D eigenvalue weighted by Gasteiger charge is -2.23. The fraction of sp³-hybridized carbons (Fsp3) is 0.429. The molecule has 1 aliphatic carbocycles. The summed E-state index contributed by atoms with van der Waals surface area (Å²) in [5.74, 6) is 0.673. The van der Waals surface area contributed by atoms with Crippen LogP contribution in [0, 0.1) is 0 Å². The van der Waals surface area contributed by atoms with E-state index in [1.165, 1.54) is 11.3 Å². The molecule has 2 fully saturated rings. The highest BCUT2D eigenvalue weighted by Crippen LogP contribution is 2.47. The van der Waals surface area contributed by atoms with E-state index in [-0.39, 0.29) is 11.8 Å². The van der Waals surface area contributed by atoms with Gasteiger partial charge in [0, 0.05) is 31.1 Å². The summed E-state index contributed by atoms with van der Waals surface area (Å²) in [6, 6.07) is 8.71. The Balaban J connectivity index is 1.29. The molecule has 7 heteroatoms. The second-order valence-corrected chi connectivity index (χ2v) is 8.55. The summed E-state index contributed by atoms with van der Waals surface area (Å²) >= 11 is 1.40. The molecule has 2 amide bonds. The zero-order valence-electron chi connectivity index (χ0n) is 15.5. The highest BCUT2D eigenvalue weighted by Gasteiger charge is 2.44. The van der Waals surface area contributed by atoms with Gasteiger partial charge >= 0.3 is 0 Å². The van der Waals surface area contributed by atoms with Crippen LogP contribution in [0.3, 0.4) is 0 Å². The van der Waals surface area contributed by atoms with Crippen LogP contribution in [0.15, 0.2) is 35.7 Å². The number of amides is 2. The van der Waals surface area contributed by atoms with Crippen LogP contribution in [0.2, 0.25) is 0 Å². The van der Waals surface area contributed by atoms with Crippen molar-refractivity contribution in [2.24, 2.45) is 0 Å². The molecule has 0 bridgehead atoms. The number of carbonyl (C=O) groups excluding carboxylic acids is 2. The number of ether oxygens (including phenoxy) is 2. The second kappa shape index (κ2) is 6.81. The largest absolute Gasteiger partial charge is 0.448 e. The van der Waals surface area contributed by atoms with Gasteiger partial charge in [0.1, 0.15) is 6.04 Å². The molecule has 146 valence electrons. The van der Waals surface area contributed by atoms with Crippen LogP contribution in [0.4, 0.5) is 5.69 Å². The predicted molar refractivity (Wildman–Crippen MR) is 106 cm³/mol. The first-order valence-corrected chi connectivity index (χ1v) is 10.7. The molecule has 0 radical (unpaired) electrons. The number of hydrogen-bond acceptors (Lipinski definition) is 5. The van der Waals surface area contributed by atoms with Gasteiger partial charge in [-0.25, -0.2) is 0 Å². The molecule has 1 spiro atoms. The third kappa shape index (κ3) is 3.03. The highest BCUT2D eigenvalue weighted by molar-refractivity contribution is 7.12. The van der Waals surface area contributed by atoms with E-state index in [2.05, 4.69) is 5.32 Å². The molecule has 2 aliphatic heterocycles. The Bertz CT molecular complexity index is 905. The Labute approximate surface area is 167 Å². The SMILES string of the molecule is O=C(Nc1ccc2c(c1)OC1(CCCC1)O2)[C@H]1CCCN1C(=O)c1cccs1. The van der Waals surface area contributed by atoms with Crippen LogP contribution in [0.25, 0.3) is 0 Å². The lowest BCUT2D eigenvalue weighted by molar-refractivity contribution is -0.119. The molecule has 1 aromatic carbocycles. The van der Waals surface area contributed by atoms with Crippen molar-refractivity contribution >= 4 is 28.8 Å². The minimum absolute atomic E-state index is 0.0680. The van der Waals surface area contributed by atoms with Crippen molar-refractivity contribution in [2.45, 2.75) is 50.4 Å². The van der Waals surface area contributed by atoms with E-state index in [0.29, 0.717) is 29.3 Å². The van der Waals surface area contributed by atoms with Crippen LogP contribution in [0.1, 0.15) is 48.2 Å². The van der Waals surface area contributed by atoms with Crippen LogP contribution in [0.5, 0.6) is 11.5 Å². The van der Waals surface area contributed by atoms with Gasteiger partial charge in [-0.2, -0.15) is 0 Å². The summed E-state index contributed by atoms with van der Waals surface area (Å²) in [4.78, 5) is 27.9.